The number of rotatable bonds is 6. The smallest absolute Gasteiger partial charge is 0.269 e. The lowest BCUT2D eigenvalue weighted by atomic mass is 9.88. The number of carbonyl (C=O) groups excluding carboxylic acids is 1. The Hall–Kier alpha value is -2.61. The Morgan fingerprint density at radius 1 is 1.21 bits per heavy atom. The monoisotopic (exact) mass is 468 g/mol. The maximum absolute atomic E-state index is 12.3. The molecule has 33 heavy (non-hydrogen) atoms. The third kappa shape index (κ3) is 5.00. The number of furan rings is 1. The summed E-state index contributed by atoms with van der Waals surface area (Å²) in [5.74, 6) is 1.70. The molecule has 1 unspecified atom stereocenters. The average molecular weight is 469 g/mol. The zero-order chi connectivity index (χ0) is 22.8. The van der Waals surface area contributed by atoms with Gasteiger partial charge in [-0.05, 0) is 56.0 Å². The van der Waals surface area contributed by atoms with E-state index in [4.69, 9.17) is 20.8 Å². The number of nitrogens with zero attached hydrogens (tertiary/aromatic N) is 3. The standard InChI is InChI=1S/C25H29ClN4O3/c1-29-22(8-12-28-29)24(31)27-16-20-7-9-25(33-20)10-13-30(14-11-25)17-21-5-6-23(32-21)18-3-2-4-19(26)15-18/h2-6,8,12,15,20H,7,9-11,13-14,16-17H2,1H3,(H,27,31). The molecule has 0 bridgehead atoms. The first-order chi connectivity index (χ1) is 16.0. The van der Waals surface area contributed by atoms with Crippen LogP contribution >= 0.6 is 11.6 Å². The molecule has 2 aliphatic heterocycles. The summed E-state index contributed by atoms with van der Waals surface area (Å²) in [6.07, 6.45) is 5.73. The van der Waals surface area contributed by atoms with Gasteiger partial charge in [0, 0.05) is 43.5 Å². The van der Waals surface area contributed by atoms with Crippen LogP contribution in [-0.4, -0.2) is 51.9 Å². The Morgan fingerprint density at radius 2 is 2.06 bits per heavy atom. The highest BCUT2D eigenvalue weighted by molar-refractivity contribution is 6.30. The number of aromatic nitrogens is 2. The van der Waals surface area contributed by atoms with E-state index in [1.54, 1.807) is 24.0 Å². The molecule has 0 saturated carbocycles. The van der Waals surface area contributed by atoms with Gasteiger partial charge in [0.25, 0.3) is 5.91 Å². The number of hydrogen-bond acceptors (Lipinski definition) is 5. The number of nitrogens with one attached hydrogen (secondary N) is 1. The molecule has 2 aliphatic rings. The number of aryl methyl sites for hydroxylation is 1. The summed E-state index contributed by atoms with van der Waals surface area (Å²) in [6.45, 7) is 3.28. The normalized spacial score (nSPS) is 20.4. The van der Waals surface area contributed by atoms with Crippen molar-refractivity contribution in [3.63, 3.8) is 0 Å². The number of halogens is 1. The van der Waals surface area contributed by atoms with Gasteiger partial charge in [0.15, 0.2) is 0 Å². The molecule has 5 rings (SSSR count). The minimum atomic E-state index is -0.107. The van der Waals surface area contributed by atoms with Crippen LogP contribution in [0.15, 0.2) is 53.1 Å². The van der Waals surface area contributed by atoms with Crippen molar-refractivity contribution in [3.05, 3.63) is 65.1 Å². The lowest BCUT2D eigenvalue weighted by molar-refractivity contribution is -0.0770. The van der Waals surface area contributed by atoms with Crippen LogP contribution in [0.1, 0.15) is 41.9 Å². The van der Waals surface area contributed by atoms with Crippen molar-refractivity contribution < 1.29 is 13.9 Å². The van der Waals surface area contributed by atoms with Gasteiger partial charge in [-0.3, -0.25) is 14.4 Å². The molecule has 1 amide bonds. The van der Waals surface area contributed by atoms with E-state index < -0.39 is 0 Å². The molecule has 1 atom stereocenters. The van der Waals surface area contributed by atoms with Gasteiger partial charge in [-0.15, -0.1) is 0 Å². The van der Waals surface area contributed by atoms with Crippen LogP contribution < -0.4 is 5.32 Å². The number of hydrogen-bond donors (Lipinski definition) is 1. The molecule has 8 heteroatoms. The lowest BCUT2D eigenvalue weighted by Crippen LogP contribution is -2.44. The molecule has 2 aromatic heterocycles. The number of likely N-dealkylation sites (tertiary alicyclic amines) is 1. The van der Waals surface area contributed by atoms with Crippen molar-refractivity contribution in [2.24, 2.45) is 7.05 Å². The second-order valence-corrected chi connectivity index (χ2v) is 9.50. The van der Waals surface area contributed by atoms with Crippen LogP contribution in [0, 0.1) is 0 Å². The molecular formula is C25H29ClN4O3. The fraction of sp³-hybridized carbons (Fsp3) is 0.440. The minimum absolute atomic E-state index is 0.0620. The van der Waals surface area contributed by atoms with Crippen LogP contribution in [0.4, 0.5) is 0 Å². The Bertz CT molecular complexity index is 1120. The fourth-order valence-electron chi connectivity index (χ4n) is 4.90. The van der Waals surface area contributed by atoms with Crippen molar-refractivity contribution in [3.8, 4) is 11.3 Å². The molecule has 174 valence electrons. The quantitative estimate of drug-likeness (QED) is 0.584. The number of amides is 1. The summed E-state index contributed by atoms with van der Waals surface area (Å²) in [6, 6.07) is 13.5. The van der Waals surface area contributed by atoms with Crippen LogP contribution in [0.3, 0.4) is 0 Å². The summed E-state index contributed by atoms with van der Waals surface area (Å²) in [5.41, 5.74) is 1.49. The van der Waals surface area contributed by atoms with Crippen LogP contribution in [0.25, 0.3) is 11.3 Å². The molecule has 0 aliphatic carbocycles. The maximum atomic E-state index is 12.3. The van der Waals surface area contributed by atoms with E-state index in [1.807, 2.05) is 36.4 Å². The largest absolute Gasteiger partial charge is 0.460 e. The van der Waals surface area contributed by atoms with E-state index in [9.17, 15) is 4.79 Å². The van der Waals surface area contributed by atoms with Gasteiger partial charge >= 0.3 is 0 Å². The highest BCUT2D eigenvalue weighted by atomic mass is 35.5. The van der Waals surface area contributed by atoms with Crippen molar-refractivity contribution in [1.29, 1.82) is 0 Å². The first kappa shape index (κ1) is 22.2. The molecule has 1 spiro atoms. The molecule has 2 saturated heterocycles. The van der Waals surface area contributed by atoms with Gasteiger partial charge < -0.3 is 14.5 Å². The van der Waals surface area contributed by atoms with Crippen molar-refractivity contribution in [2.75, 3.05) is 19.6 Å². The third-order valence-electron chi connectivity index (χ3n) is 6.80. The summed E-state index contributed by atoms with van der Waals surface area (Å²) in [5, 5.41) is 7.75. The Kier molecular flexibility index (Phi) is 6.27. The maximum Gasteiger partial charge on any atom is 0.269 e. The van der Waals surface area contributed by atoms with Gasteiger partial charge in [0.2, 0.25) is 0 Å². The number of piperidine rings is 1. The summed E-state index contributed by atoms with van der Waals surface area (Å²) >= 11 is 6.11. The van der Waals surface area contributed by atoms with E-state index in [-0.39, 0.29) is 17.6 Å². The lowest BCUT2D eigenvalue weighted by Gasteiger charge is -2.39. The molecule has 3 aromatic rings. The summed E-state index contributed by atoms with van der Waals surface area (Å²) < 4.78 is 14.1. The SMILES string of the molecule is Cn1nccc1C(=O)NCC1CCC2(CCN(Cc3ccc(-c4cccc(Cl)c4)o3)CC2)O1. The second-order valence-electron chi connectivity index (χ2n) is 9.06. The van der Waals surface area contributed by atoms with E-state index in [0.29, 0.717) is 17.3 Å². The molecule has 4 heterocycles. The first-order valence-electron chi connectivity index (χ1n) is 11.5. The predicted molar refractivity (Wildman–Crippen MR) is 126 cm³/mol. The molecule has 7 nitrogen and oxygen atoms in total. The number of carbonyl (C=O) groups is 1. The molecular weight excluding hydrogens is 440 g/mol. The van der Waals surface area contributed by atoms with Gasteiger partial charge in [-0.2, -0.15) is 5.10 Å². The van der Waals surface area contributed by atoms with E-state index in [2.05, 4.69) is 15.3 Å². The summed E-state index contributed by atoms with van der Waals surface area (Å²) in [4.78, 5) is 14.8. The van der Waals surface area contributed by atoms with Gasteiger partial charge in [0.1, 0.15) is 17.2 Å². The highest BCUT2D eigenvalue weighted by Gasteiger charge is 2.42. The van der Waals surface area contributed by atoms with E-state index >= 15 is 0 Å². The van der Waals surface area contributed by atoms with Crippen LogP contribution in [0.2, 0.25) is 5.02 Å². The van der Waals surface area contributed by atoms with E-state index in [1.165, 1.54) is 0 Å². The van der Waals surface area contributed by atoms with E-state index in [0.717, 1.165) is 62.4 Å². The predicted octanol–water partition coefficient (Wildman–Crippen LogP) is 4.28. The fourth-order valence-corrected chi connectivity index (χ4v) is 5.09. The molecule has 1 aromatic carbocycles. The Labute approximate surface area is 198 Å². The third-order valence-corrected chi connectivity index (χ3v) is 7.04. The average Bonchev–Trinajstić information content (AvgIpc) is 3.55. The van der Waals surface area contributed by atoms with Crippen molar-refractivity contribution in [2.45, 2.75) is 43.9 Å². The van der Waals surface area contributed by atoms with Gasteiger partial charge in [-0.25, -0.2) is 0 Å². The second kappa shape index (κ2) is 9.33. The van der Waals surface area contributed by atoms with Gasteiger partial charge in [-0.1, -0.05) is 23.7 Å². The zero-order valence-electron chi connectivity index (χ0n) is 18.8. The minimum Gasteiger partial charge on any atom is -0.460 e. The topological polar surface area (TPSA) is 72.5 Å². The number of benzene rings is 1. The van der Waals surface area contributed by atoms with Crippen LogP contribution in [0.5, 0.6) is 0 Å². The summed E-state index contributed by atoms with van der Waals surface area (Å²) in [7, 11) is 1.77. The zero-order valence-corrected chi connectivity index (χ0v) is 19.6. The number of ether oxygens (including phenoxy) is 1. The Morgan fingerprint density at radius 3 is 2.82 bits per heavy atom. The molecule has 1 N–H and O–H groups in total. The first-order valence-corrected chi connectivity index (χ1v) is 11.9. The van der Waals surface area contributed by atoms with Crippen molar-refractivity contribution >= 4 is 17.5 Å². The van der Waals surface area contributed by atoms with Gasteiger partial charge in [0.05, 0.1) is 18.2 Å². The van der Waals surface area contributed by atoms with Crippen LogP contribution in [-0.2, 0) is 18.3 Å². The highest BCUT2D eigenvalue weighted by Crippen LogP contribution is 2.39. The Balaban J connectivity index is 1.10. The molecule has 2 fully saturated rings. The van der Waals surface area contributed by atoms with Crippen molar-refractivity contribution in [1.82, 2.24) is 20.0 Å². The molecule has 0 radical (unpaired) electrons.